The Bertz CT molecular complexity index is 1060. The highest BCUT2D eigenvalue weighted by Crippen LogP contribution is 2.25. The van der Waals surface area contributed by atoms with E-state index in [-0.39, 0.29) is 27.1 Å². The van der Waals surface area contributed by atoms with Crippen LogP contribution in [-0.2, 0) is 10.0 Å². The quantitative estimate of drug-likeness (QED) is 0.689. The highest BCUT2D eigenvalue weighted by molar-refractivity contribution is 7.92. The molecule has 1 amide bonds. The van der Waals surface area contributed by atoms with Crippen molar-refractivity contribution in [2.45, 2.75) is 4.90 Å². The highest BCUT2D eigenvalue weighted by atomic mass is 35.5. The van der Waals surface area contributed by atoms with Crippen LogP contribution in [0.5, 0.6) is 0 Å². The van der Waals surface area contributed by atoms with Crippen LogP contribution in [0.2, 0.25) is 5.02 Å². The molecule has 0 radical (unpaired) electrons. The average Bonchev–Trinajstić information content (AvgIpc) is 2.69. The lowest BCUT2D eigenvalue weighted by atomic mass is 10.1. The zero-order valence-electron chi connectivity index (χ0n) is 14.5. The molecule has 0 bridgehead atoms. The number of benzene rings is 3. The minimum Gasteiger partial charge on any atom is -0.311 e. The molecule has 0 aliphatic carbocycles. The van der Waals surface area contributed by atoms with E-state index in [0.717, 1.165) is 0 Å². The predicted octanol–water partition coefficient (Wildman–Crippen LogP) is 4.42. The number of carbonyl (C=O) groups is 1. The van der Waals surface area contributed by atoms with Gasteiger partial charge >= 0.3 is 0 Å². The molecule has 3 aromatic carbocycles. The second-order valence-electron chi connectivity index (χ2n) is 5.81. The molecule has 0 unspecified atom stereocenters. The molecule has 0 fully saturated rings. The Hall–Kier alpha value is -2.83. The van der Waals surface area contributed by atoms with E-state index in [1.807, 2.05) is 18.2 Å². The fourth-order valence-corrected chi connectivity index (χ4v) is 3.78. The molecule has 0 heterocycles. The van der Waals surface area contributed by atoms with Gasteiger partial charge in [0.05, 0.1) is 15.5 Å². The number of amides is 1. The molecule has 138 valence electrons. The van der Waals surface area contributed by atoms with Crippen molar-refractivity contribution in [3.63, 3.8) is 0 Å². The molecule has 0 saturated carbocycles. The van der Waals surface area contributed by atoms with Gasteiger partial charge in [-0.3, -0.25) is 9.52 Å². The van der Waals surface area contributed by atoms with Crippen LogP contribution in [0.25, 0.3) is 0 Å². The molecular weight excluding hydrogens is 384 g/mol. The van der Waals surface area contributed by atoms with E-state index in [2.05, 4.69) is 4.72 Å². The molecule has 3 rings (SSSR count). The second kappa shape index (κ2) is 7.82. The Morgan fingerprint density at radius 1 is 0.926 bits per heavy atom. The number of carbonyl (C=O) groups excluding carboxylic acids is 1. The number of hydrogen-bond donors (Lipinski definition) is 1. The molecule has 27 heavy (non-hydrogen) atoms. The first-order valence-electron chi connectivity index (χ1n) is 8.09. The topological polar surface area (TPSA) is 66.5 Å². The van der Waals surface area contributed by atoms with Crippen LogP contribution < -0.4 is 9.62 Å². The summed E-state index contributed by atoms with van der Waals surface area (Å²) in [7, 11) is -2.13. The first-order chi connectivity index (χ1) is 12.9. The van der Waals surface area contributed by atoms with E-state index >= 15 is 0 Å². The second-order valence-corrected chi connectivity index (χ2v) is 7.90. The number of para-hydroxylation sites is 1. The number of rotatable bonds is 5. The maximum absolute atomic E-state index is 12.8. The van der Waals surface area contributed by atoms with Gasteiger partial charge in [-0.1, -0.05) is 48.0 Å². The van der Waals surface area contributed by atoms with Crippen molar-refractivity contribution in [2.24, 2.45) is 0 Å². The van der Waals surface area contributed by atoms with Crippen LogP contribution in [0.1, 0.15) is 10.4 Å². The SMILES string of the molecule is CN(C(=O)c1cc(NS(=O)(=O)c2ccccc2)ccc1Cl)c1ccccc1. The number of nitrogens with zero attached hydrogens (tertiary/aromatic N) is 1. The van der Waals surface area contributed by atoms with Gasteiger partial charge in [-0.2, -0.15) is 0 Å². The molecule has 3 aromatic rings. The van der Waals surface area contributed by atoms with Gasteiger partial charge in [0.15, 0.2) is 0 Å². The monoisotopic (exact) mass is 400 g/mol. The van der Waals surface area contributed by atoms with Crippen LogP contribution in [0, 0.1) is 0 Å². The van der Waals surface area contributed by atoms with Gasteiger partial charge in [0.2, 0.25) is 0 Å². The zero-order chi connectivity index (χ0) is 19.4. The van der Waals surface area contributed by atoms with E-state index in [4.69, 9.17) is 11.6 Å². The summed E-state index contributed by atoms with van der Waals surface area (Å²) in [5.41, 5.74) is 1.16. The molecule has 7 heteroatoms. The van der Waals surface area contributed by atoms with Crippen molar-refractivity contribution in [2.75, 3.05) is 16.7 Å². The lowest BCUT2D eigenvalue weighted by Gasteiger charge is -2.18. The van der Waals surface area contributed by atoms with Gasteiger partial charge in [-0.15, -0.1) is 0 Å². The Kier molecular flexibility index (Phi) is 5.48. The third-order valence-corrected chi connectivity index (χ3v) is 5.68. The minimum atomic E-state index is -3.76. The van der Waals surface area contributed by atoms with Gasteiger partial charge in [0.25, 0.3) is 15.9 Å². The minimum absolute atomic E-state index is 0.134. The highest BCUT2D eigenvalue weighted by Gasteiger charge is 2.19. The smallest absolute Gasteiger partial charge is 0.261 e. The Morgan fingerprint density at radius 2 is 1.52 bits per heavy atom. The molecule has 0 aliphatic rings. The summed E-state index contributed by atoms with van der Waals surface area (Å²) in [6.45, 7) is 0. The predicted molar refractivity (Wildman–Crippen MR) is 108 cm³/mol. The van der Waals surface area contributed by atoms with Crippen molar-refractivity contribution in [3.8, 4) is 0 Å². The van der Waals surface area contributed by atoms with Crippen LogP contribution in [-0.4, -0.2) is 21.4 Å². The van der Waals surface area contributed by atoms with Gasteiger partial charge in [0, 0.05) is 18.4 Å². The van der Waals surface area contributed by atoms with Gasteiger partial charge < -0.3 is 4.90 Å². The van der Waals surface area contributed by atoms with Crippen LogP contribution in [0.15, 0.2) is 83.8 Å². The van der Waals surface area contributed by atoms with Crippen molar-refractivity contribution >= 4 is 38.9 Å². The van der Waals surface area contributed by atoms with E-state index in [0.29, 0.717) is 5.69 Å². The largest absolute Gasteiger partial charge is 0.311 e. The van der Waals surface area contributed by atoms with Gasteiger partial charge in [-0.25, -0.2) is 8.42 Å². The lowest BCUT2D eigenvalue weighted by Crippen LogP contribution is -2.26. The number of hydrogen-bond acceptors (Lipinski definition) is 3. The summed E-state index contributed by atoms with van der Waals surface area (Å²) >= 11 is 6.19. The van der Waals surface area contributed by atoms with Crippen LogP contribution in [0.4, 0.5) is 11.4 Å². The molecule has 0 saturated heterocycles. The third kappa shape index (κ3) is 4.30. The molecule has 5 nitrogen and oxygen atoms in total. The van der Waals surface area contributed by atoms with E-state index < -0.39 is 10.0 Å². The molecule has 1 N–H and O–H groups in total. The third-order valence-electron chi connectivity index (χ3n) is 3.95. The normalized spacial score (nSPS) is 11.0. The maximum atomic E-state index is 12.8. The summed E-state index contributed by atoms with van der Waals surface area (Å²) in [5.74, 6) is -0.341. The van der Waals surface area contributed by atoms with E-state index in [1.165, 1.54) is 35.2 Å². The first-order valence-corrected chi connectivity index (χ1v) is 9.95. The Balaban J connectivity index is 1.90. The summed E-state index contributed by atoms with van der Waals surface area (Å²) in [4.78, 5) is 14.4. The fourth-order valence-electron chi connectivity index (χ4n) is 2.52. The Morgan fingerprint density at radius 3 is 2.15 bits per heavy atom. The zero-order valence-corrected chi connectivity index (χ0v) is 16.0. The number of nitrogens with one attached hydrogen (secondary N) is 1. The van der Waals surface area contributed by atoms with E-state index in [9.17, 15) is 13.2 Å². The van der Waals surface area contributed by atoms with Crippen LogP contribution in [0.3, 0.4) is 0 Å². The molecular formula is C20H17ClN2O3S. The number of anilines is 2. The fraction of sp³-hybridized carbons (Fsp3) is 0.0500. The number of halogens is 1. The molecule has 0 spiro atoms. The molecule has 0 aromatic heterocycles. The first kappa shape index (κ1) is 18.9. The van der Waals surface area contributed by atoms with Gasteiger partial charge in [0.1, 0.15) is 0 Å². The summed E-state index contributed by atoms with van der Waals surface area (Å²) in [6.07, 6.45) is 0. The van der Waals surface area contributed by atoms with Crippen molar-refractivity contribution in [1.82, 2.24) is 0 Å². The Labute approximate surface area is 163 Å². The molecule has 0 aliphatic heterocycles. The standard InChI is InChI=1S/C20H17ClN2O3S/c1-23(16-8-4-2-5-9-16)20(24)18-14-15(12-13-19(18)21)22-27(25,26)17-10-6-3-7-11-17/h2-14,22H,1H3. The summed E-state index contributed by atoms with van der Waals surface area (Å²) in [5, 5.41) is 0.241. The molecule has 0 atom stereocenters. The summed E-state index contributed by atoms with van der Waals surface area (Å²) < 4.78 is 27.4. The number of sulfonamides is 1. The van der Waals surface area contributed by atoms with E-state index in [1.54, 1.807) is 37.4 Å². The van der Waals surface area contributed by atoms with Gasteiger partial charge in [-0.05, 0) is 42.5 Å². The summed E-state index contributed by atoms with van der Waals surface area (Å²) in [6, 6.07) is 21.5. The van der Waals surface area contributed by atoms with Crippen LogP contribution >= 0.6 is 11.6 Å². The van der Waals surface area contributed by atoms with Crippen molar-refractivity contribution in [1.29, 1.82) is 0 Å². The average molecular weight is 401 g/mol. The van der Waals surface area contributed by atoms with Crippen molar-refractivity contribution in [3.05, 3.63) is 89.4 Å². The maximum Gasteiger partial charge on any atom is 0.261 e. The van der Waals surface area contributed by atoms with Crippen molar-refractivity contribution < 1.29 is 13.2 Å². The lowest BCUT2D eigenvalue weighted by molar-refractivity contribution is 0.0993.